The van der Waals surface area contributed by atoms with E-state index < -0.39 is 11.9 Å². The van der Waals surface area contributed by atoms with Gasteiger partial charge in [-0.25, -0.2) is 4.79 Å². The molecule has 0 aliphatic carbocycles. The number of aromatic carboxylic acids is 1. The number of aryl methyl sites for hydroxylation is 2. The number of ether oxygens (including phenoxy) is 1. The Labute approximate surface area is 211 Å². The van der Waals surface area contributed by atoms with Crippen LogP contribution in [0.25, 0.3) is 0 Å². The summed E-state index contributed by atoms with van der Waals surface area (Å²) in [7, 11) is 0. The molecular weight excluding hydrogens is 438 g/mol. The van der Waals surface area contributed by atoms with Crippen LogP contribution in [0.4, 0.5) is 5.69 Å². The lowest BCUT2D eigenvalue weighted by atomic mass is 10.1. The summed E-state index contributed by atoms with van der Waals surface area (Å²) < 4.78 is 6.12. The molecule has 2 aromatic carbocycles. The Morgan fingerprint density at radius 2 is 1.26 bits per heavy atom. The van der Waals surface area contributed by atoms with Crippen LogP contribution in [-0.4, -0.2) is 23.6 Å². The minimum Gasteiger partial charge on any atom is -0.491 e. The minimum absolute atomic E-state index is 0.0192. The van der Waals surface area contributed by atoms with E-state index >= 15 is 0 Å². The van der Waals surface area contributed by atoms with Gasteiger partial charge in [0.25, 0.3) is 5.91 Å². The Kier molecular flexibility index (Phi) is 13.0. The summed E-state index contributed by atoms with van der Waals surface area (Å²) in [6.07, 6.45) is 15.5. The SMILES string of the molecule is CCCCCCCCCCCCCCOc1c(C)ccc(C)c1NC(=O)c1ccccc1C(=O)O. The third-order valence-corrected chi connectivity index (χ3v) is 6.45. The van der Waals surface area contributed by atoms with Crippen molar-refractivity contribution < 1.29 is 19.4 Å². The molecule has 0 bridgehead atoms. The molecule has 0 spiro atoms. The summed E-state index contributed by atoms with van der Waals surface area (Å²) in [5.41, 5.74) is 2.54. The summed E-state index contributed by atoms with van der Waals surface area (Å²) in [5, 5.41) is 12.3. The number of unbranched alkanes of at least 4 members (excludes halogenated alkanes) is 11. The van der Waals surface area contributed by atoms with Gasteiger partial charge in [-0.3, -0.25) is 4.79 Å². The highest BCUT2D eigenvalue weighted by Gasteiger charge is 2.19. The van der Waals surface area contributed by atoms with Crippen LogP contribution in [0.1, 0.15) is 116 Å². The smallest absolute Gasteiger partial charge is 0.336 e. The first-order valence-electron chi connectivity index (χ1n) is 13.3. The summed E-state index contributed by atoms with van der Waals surface area (Å²) in [5.74, 6) is -0.915. The number of hydrogen-bond donors (Lipinski definition) is 2. The van der Waals surface area contributed by atoms with Crippen molar-refractivity contribution in [3.8, 4) is 5.75 Å². The van der Waals surface area contributed by atoms with E-state index in [1.165, 1.54) is 76.3 Å². The Hall–Kier alpha value is -2.82. The van der Waals surface area contributed by atoms with Gasteiger partial charge in [0.1, 0.15) is 5.75 Å². The van der Waals surface area contributed by atoms with E-state index in [9.17, 15) is 14.7 Å². The topological polar surface area (TPSA) is 75.6 Å². The van der Waals surface area contributed by atoms with E-state index in [2.05, 4.69) is 12.2 Å². The lowest BCUT2D eigenvalue weighted by Crippen LogP contribution is -2.18. The number of amides is 1. The molecule has 0 aliphatic heterocycles. The fourth-order valence-electron chi connectivity index (χ4n) is 4.29. The van der Waals surface area contributed by atoms with Gasteiger partial charge < -0.3 is 15.2 Å². The number of carboxylic acids is 1. The van der Waals surface area contributed by atoms with Crippen molar-refractivity contribution in [2.75, 3.05) is 11.9 Å². The molecule has 2 aromatic rings. The average Bonchev–Trinajstić information content (AvgIpc) is 2.85. The molecule has 0 aromatic heterocycles. The van der Waals surface area contributed by atoms with Gasteiger partial charge in [0.15, 0.2) is 0 Å². The molecule has 0 unspecified atom stereocenters. The highest BCUT2D eigenvalue weighted by Crippen LogP contribution is 2.33. The van der Waals surface area contributed by atoms with Crippen molar-refractivity contribution in [3.05, 3.63) is 58.7 Å². The fraction of sp³-hybridized carbons (Fsp3) is 0.533. The summed E-state index contributed by atoms with van der Waals surface area (Å²) in [6.45, 7) is 6.72. The lowest BCUT2D eigenvalue weighted by molar-refractivity contribution is 0.0692. The molecule has 2 N–H and O–H groups in total. The minimum atomic E-state index is -1.12. The van der Waals surface area contributed by atoms with Gasteiger partial charge >= 0.3 is 5.97 Å². The number of rotatable bonds is 17. The van der Waals surface area contributed by atoms with E-state index in [-0.39, 0.29) is 11.1 Å². The van der Waals surface area contributed by atoms with E-state index in [1.54, 1.807) is 12.1 Å². The van der Waals surface area contributed by atoms with Crippen LogP contribution in [0.3, 0.4) is 0 Å². The van der Waals surface area contributed by atoms with Crippen molar-refractivity contribution in [2.24, 2.45) is 0 Å². The maximum absolute atomic E-state index is 12.9. The monoisotopic (exact) mass is 481 g/mol. The highest BCUT2D eigenvalue weighted by atomic mass is 16.5. The predicted octanol–water partition coefficient (Wildman–Crippen LogP) is 8.33. The molecule has 0 atom stereocenters. The molecule has 0 aliphatic rings. The number of carboxylic acid groups (broad SMARTS) is 1. The zero-order chi connectivity index (χ0) is 25.5. The van der Waals surface area contributed by atoms with E-state index in [0.717, 1.165) is 24.0 Å². The number of benzene rings is 2. The van der Waals surface area contributed by atoms with Gasteiger partial charge in [-0.2, -0.15) is 0 Å². The third-order valence-electron chi connectivity index (χ3n) is 6.45. The normalized spacial score (nSPS) is 10.8. The van der Waals surface area contributed by atoms with Crippen molar-refractivity contribution in [1.82, 2.24) is 0 Å². The quantitative estimate of drug-likeness (QED) is 0.223. The molecule has 0 radical (unpaired) electrons. The molecule has 35 heavy (non-hydrogen) atoms. The van der Waals surface area contributed by atoms with Crippen LogP contribution in [0.15, 0.2) is 36.4 Å². The van der Waals surface area contributed by atoms with Crippen molar-refractivity contribution in [2.45, 2.75) is 97.8 Å². The Morgan fingerprint density at radius 3 is 1.83 bits per heavy atom. The first kappa shape index (κ1) is 28.4. The van der Waals surface area contributed by atoms with Gasteiger partial charge in [-0.05, 0) is 43.5 Å². The number of carbonyl (C=O) groups excluding carboxylic acids is 1. The van der Waals surface area contributed by atoms with E-state index in [0.29, 0.717) is 18.0 Å². The molecule has 5 heteroatoms. The Balaban J connectivity index is 1.80. The van der Waals surface area contributed by atoms with Gasteiger partial charge in [-0.15, -0.1) is 0 Å². The molecular formula is C30H43NO4. The van der Waals surface area contributed by atoms with Crippen LogP contribution in [0, 0.1) is 13.8 Å². The average molecular weight is 482 g/mol. The first-order chi connectivity index (χ1) is 17.0. The summed E-state index contributed by atoms with van der Waals surface area (Å²) >= 11 is 0. The van der Waals surface area contributed by atoms with Crippen LogP contribution in [0.5, 0.6) is 5.75 Å². The fourth-order valence-corrected chi connectivity index (χ4v) is 4.29. The highest BCUT2D eigenvalue weighted by molar-refractivity contribution is 6.11. The van der Waals surface area contributed by atoms with Crippen LogP contribution in [-0.2, 0) is 0 Å². The first-order valence-corrected chi connectivity index (χ1v) is 13.3. The molecule has 0 saturated carbocycles. The number of anilines is 1. The lowest BCUT2D eigenvalue weighted by Gasteiger charge is -2.18. The van der Waals surface area contributed by atoms with E-state index in [4.69, 9.17) is 4.74 Å². The van der Waals surface area contributed by atoms with Crippen molar-refractivity contribution >= 4 is 17.6 Å². The molecule has 2 rings (SSSR count). The summed E-state index contributed by atoms with van der Waals surface area (Å²) in [4.78, 5) is 24.4. The molecule has 1 amide bonds. The largest absolute Gasteiger partial charge is 0.491 e. The van der Waals surface area contributed by atoms with Crippen molar-refractivity contribution in [1.29, 1.82) is 0 Å². The molecule has 0 saturated heterocycles. The second-order valence-electron chi connectivity index (χ2n) is 9.45. The third kappa shape index (κ3) is 9.75. The molecule has 0 fully saturated rings. The maximum Gasteiger partial charge on any atom is 0.336 e. The maximum atomic E-state index is 12.9. The molecule has 192 valence electrons. The second kappa shape index (κ2) is 16.0. The van der Waals surface area contributed by atoms with Crippen LogP contribution >= 0.6 is 0 Å². The molecule has 0 heterocycles. The summed E-state index contributed by atoms with van der Waals surface area (Å²) in [6, 6.07) is 10.2. The molecule has 5 nitrogen and oxygen atoms in total. The van der Waals surface area contributed by atoms with Gasteiger partial charge in [0.05, 0.1) is 23.4 Å². The van der Waals surface area contributed by atoms with Gasteiger partial charge in [-0.1, -0.05) is 102 Å². The standard InChI is InChI=1S/C30H43NO4/c1-4-5-6-7-8-9-10-11-12-13-14-17-22-35-28-24(3)21-20-23(2)27(28)31-29(32)25-18-15-16-19-26(25)30(33)34/h15-16,18-21H,4-14,17,22H2,1-3H3,(H,31,32)(H,33,34). The van der Waals surface area contributed by atoms with Crippen LogP contribution < -0.4 is 10.1 Å². The zero-order valence-electron chi connectivity index (χ0n) is 21.8. The number of carbonyl (C=O) groups is 2. The van der Waals surface area contributed by atoms with Gasteiger partial charge in [0.2, 0.25) is 0 Å². The van der Waals surface area contributed by atoms with Crippen molar-refractivity contribution in [3.63, 3.8) is 0 Å². The second-order valence-corrected chi connectivity index (χ2v) is 9.45. The van der Waals surface area contributed by atoms with E-state index in [1.807, 2.05) is 26.0 Å². The van der Waals surface area contributed by atoms with Gasteiger partial charge in [0, 0.05) is 0 Å². The Bertz CT molecular complexity index is 938. The Morgan fingerprint density at radius 1 is 0.743 bits per heavy atom. The predicted molar refractivity (Wildman–Crippen MR) is 144 cm³/mol. The number of nitrogens with one attached hydrogen (secondary N) is 1. The number of hydrogen-bond acceptors (Lipinski definition) is 3. The zero-order valence-corrected chi connectivity index (χ0v) is 21.8. The van der Waals surface area contributed by atoms with Crippen LogP contribution in [0.2, 0.25) is 0 Å².